The number of carbonyl (C=O) groups excluding carboxylic acids is 1. The number of nitrogens with one attached hydrogen (secondary N) is 4. The third-order valence-corrected chi connectivity index (χ3v) is 7.23. The van der Waals surface area contributed by atoms with Crippen molar-refractivity contribution in [2.45, 2.75) is 18.4 Å². The van der Waals surface area contributed by atoms with E-state index in [1.807, 2.05) is 0 Å². The molecule has 12 heteroatoms. The largest absolute Gasteiger partial charge is 0.358 e. The second kappa shape index (κ2) is 11.2. The summed E-state index contributed by atoms with van der Waals surface area (Å²) in [5, 5.41) is 12.7. The zero-order chi connectivity index (χ0) is 25.2. The van der Waals surface area contributed by atoms with Crippen LogP contribution in [0.2, 0.25) is 10.0 Å². The van der Waals surface area contributed by atoms with Gasteiger partial charge in [0.25, 0.3) is 15.9 Å². The zero-order valence-electron chi connectivity index (χ0n) is 18.7. The Bertz CT molecular complexity index is 1580. The molecule has 8 nitrogen and oxygen atoms in total. The quantitative estimate of drug-likeness (QED) is 0.226. The van der Waals surface area contributed by atoms with E-state index in [1.54, 1.807) is 49.4 Å². The van der Waals surface area contributed by atoms with Crippen LogP contribution >= 0.6 is 35.6 Å². The lowest BCUT2D eigenvalue weighted by Crippen LogP contribution is -2.29. The molecule has 0 saturated heterocycles. The van der Waals surface area contributed by atoms with Crippen molar-refractivity contribution in [2.75, 3.05) is 5.43 Å². The van der Waals surface area contributed by atoms with Crippen molar-refractivity contribution < 1.29 is 13.2 Å². The minimum absolute atomic E-state index is 0. The number of carbonyl (C=O) groups is 1. The highest BCUT2D eigenvalue weighted by molar-refractivity contribution is 7.89. The van der Waals surface area contributed by atoms with E-state index < -0.39 is 10.0 Å². The van der Waals surface area contributed by atoms with Crippen molar-refractivity contribution in [3.8, 4) is 6.07 Å². The molecule has 186 valence electrons. The van der Waals surface area contributed by atoms with E-state index in [2.05, 4.69) is 26.6 Å². The maximum Gasteiger partial charge on any atom is 0.258 e. The monoisotopic (exact) mass is 563 g/mol. The van der Waals surface area contributed by atoms with Gasteiger partial charge in [-0.1, -0.05) is 35.3 Å². The Morgan fingerprint density at radius 3 is 2.47 bits per heavy atom. The summed E-state index contributed by atoms with van der Waals surface area (Å²) in [5.41, 5.74) is 6.30. The number of aromatic amines is 1. The second-order valence-corrected chi connectivity index (χ2v) is 10.2. The molecule has 1 aromatic heterocycles. The smallest absolute Gasteiger partial charge is 0.258 e. The Morgan fingerprint density at radius 2 is 1.78 bits per heavy atom. The van der Waals surface area contributed by atoms with Gasteiger partial charge in [-0.2, -0.15) is 5.26 Å². The molecule has 1 amide bonds. The maximum absolute atomic E-state index is 13.0. The van der Waals surface area contributed by atoms with Crippen molar-refractivity contribution in [1.82, 2.24) is 15.1 Å². The maximum atomic E-state index is 13.0. The van der Waals surface area contributed by atoms with Crippen LogP contribution in [-0.2, 0) is 16.6 Å². The highest BCUT2D eigenvalue weighted by Crippen LogP contribution is 2.27. The molecular formula is C24H20Cl3N5O3S. The Hall–Kier alpha value is -3.26. The van der Waals surface area contributed by atoms with Crippen LogP contribution in [0.3, 0.4) is 0 Å². The highest BCUT2D eigenvalue weighted by atomic mass is 35.5. The number of fused-ring (bicyclic) bond motifs is 1. The Labute approximate surface area is 224 Å². The van der Waals surface area contributed by atoms with Crippen molar-refractivity contribution in [2.24, 2.45) is 0 Å². The predicted octanol–water partition coefficient (Wildman–Crippen LogP) is 5.31. The summed E-state index contributed by atoms with van der Waals surface area (Å²) in [7, 11) is -4.02. The van der Waals surface area contributed by atoms with E-state index in [4.69, 9.17) is 28.5 Å². The number of aromatic nitrogens is 1. The molecule has 0 saturated carbocycles. The van der Waals surface area contributed by atoms with Gasteiger partial charge in [0.1, 0.15) is 4.90 Å². The molecule has 0 aliphatic rings. The second-order valence-electron chi connectivity index (χ2n) is 7.68. The first-order valence-corrected chi connectivity index (χ1v) is 12.5. The number of aryl methyl sites for hydroxylation is 1. The first-order chi connectivity index (χ1) is 16.7. The first-order valence-electron chi connectivity index (χ1n) is 10.3. The zero-order valence-corrected chi connectivity index (χ0v) is 21.9. The minimum Gasteiger partial charge on any atom is -0.358 e. The molecule has 4 aromatic rings. The lowest BCUT2D eigenvalue weighted by molar-refractivity contribution is 0.0952. The number of hydrazine groups is 1. The number of hydrogen-bond donors (Lipinski definition) is 4. The lowest BCUT2D eigenvalue weighted by atomic mass is 10.1. The number of nitrogens with zero attached hydrogens (tertiary/aromatic N) is 1. The van der Waals surface area contributed by atoms with Crippen molar-refractivity contribution >= 4 is 68.1 Å². The normalized spacial score (nSPS) is 10.9. The molecular weight excluding hydrogens is 545 g/mol. The molecule has 1 heterocycles. The van der Waals surface area contributed by atoms with Gasteiger partial charge in [0.15, 0.2) is 0 Å². The van der Waals surface area contributed by atoms with Gasteiger partial charge in [-0.3, -0.25) is 4.79 Å². The molecule has 0 spiro atoms. The SMILES string of the molecule is Cc1[nH]c2ccc(NNS(=O)(=O)c3cc(Cl)ccc3Cl)cc2c1C(=O)NCc1ccc(C#N)cc1.Cl. The summed E-state index contributed by atoms with van der Waals surface area (Å²) in [5.74, 6) is -0.290. The van der Waals surface area contributed by atoms with Gasteiger partial charge in [0, 0.05) is 28.2 Å². The number of halogens is 3. The summed E-state index contributed by atoms with van der Waals surface area (Å²) in [6.07, 6.45) is 0. The number of anilines is 1. The molecule has 4 N–H and O–H groups in total. The molecule has 0 radical (unpaired) electrons. The van der Waals surface area contributed by atoms with Crippen LogP contribution in [0.4, 0.5) is 5.69 Å². The molecule has 0 fully saturated rings. The van der Waals surface area contributed by atoms with E-state index in [1.165, 1.54) is 18.2 Å². The van der Waals surface area contributed by atoms with Gasteiger partial charge in [0.05, 0.1) is 27.9 Å². The number of benzene rings is 3. The van der Waals surface area contributed by atoms with Crippen LogP contribution < -0.4 is 15.6 Å². The first kappa shape index (κ1) is 27.3. The number of amides is 1. The van der Waals surface area contributed by atoms with Gasteiger partial charge < -0.3 is 15.7 Å². The van der Waals surface area contributed by atoms with E-state index in [0.717, 1.165) is 11.1 Å². The molecule has 0 aliphatic heterocycles. The third-order valence-electron chi connectivity index (χ3n) is 5.26. The van der Waals surface area contributed by atoms with Gasteiger partial charge >= 0.3 is 0 Å². The molecule has 0 unspecified atom stereocenters. The third kappa shape index (κ3) is 5.93. The number of H-pyrrole nitrogens is 1. The minimum atomic E-state index is -4.02. The van der Waals surface area contributed by atoms with Crippen molar-refractivity contribution in [3.63, 3.8) is 0 Å². The van der Waals surface area contributed by atoms with Gasteiger partial charge in [-0.05, 0) is 61.0 Å². The van der Waals surface area contributed by atoms with Crippen molar-refractivity contribution in [1.29, 1.82) is 5.26 Å². The van der Waals surface area contributed by atoms with Crippen LogP contribution in [0, 0.1) is 18.3 Å². The summed E-state index contributed by atoms with van der Waals surface area (Å²) in [6.45, 7) is 2.07. The lowest BCUT2D eigenvalue weighted by Gasteiger charge is -2.11. The van der Waals surface area contributed by atoms with Crippen LogP contribution in [0.5, 0.6) is 0 Å². The van der Waals surface area contributed by atoms with Crippen LogP contribution in [0.25, 0.3) is 10.9 Å². The topological polar surface area (TPSA) is 127 Å². The number of rotatable bonds is 7. The van der Waals surface area contributed by atoms with E-state index in [-0.39, 0.29) is 39.8 Å². The predicted molar refractivity (Wildman–Crippen MR) is 143 cm³/mol. The van der Waals surface area contributed by atoms with Gasteiger partial charge in [-0.25, -0.2) is 8.42 Å². The molecule has 4 rings (SSSR count). The van der Waals surface area contributed by atoms with Crippen LogP contribution in [-0.4, -0.2) is 19.3 Å². The Balaban J connectivity index is 0.00000361. The summed E-state index contributed by atoms with van der Waals surface area (Å²) in [6, 6.07) is 18.2. The fourth-order valence-electron chi connectivity index (χ4n) is 3.53. The standard InChI is InChI=1S/C24H19Cl2N5O3S.ClH/c1-14-23(24(32)28-13-16-4-2-15(12-27)3-5-16)19-11-18(7-9-21(19)29-14)30-31-35(33,34)22-10-17(25)6-8-20(22)26;/h2-11,29-31H,13H2,1H3,(H,28,32);1H. The van der Waals surface area contributed by atoms with Crippen LogP contribution in [0.15, 0.2) is 65.6 Å². The average molecular weight is 565 g/mol. The van der Waals surface area contributed by atoms with Crippen LogP contribution in [0.1, 0.15) is 27.2 Å². The Kier molecular flexibility index (Phi) is 8.51. The summed E-state index contributed by atoms with van der Waals surface area (Å²) in [4.78, 5) is 18.3. The fourth-order valence-corrected chi connectivity index (χ4v) is 5.16. The number of sulfonamides is 1. The van der Waals surface area contributed by atoms with Gasteiger partial charge in [-0.15, -0.1) is 17.2 Å². The fraction of sp³-hybridized carbons (Fsp3) is 0.0833. The molecule has 3 aromatic carbocycles. The summed E-state index contributed by atoms with van der Waals surface area (Å²) < 4.78 is 25.4. The average Bonchev–Trinajstić information content (AvgIpc) is 3.18. The number of nitriles is 1. The molecule has 36 heavy (non-hydrogen) atoms. The van der Waals surface area contributed by atoms with Crippen molar-refractivity contribution in [3.05, 3.63) is 93.1 Å². The summed E-state index contributed by atoms with van der Waals surface area (Å²) >= 11 is 11.9. The van der Waals surface area contributed by atoms with E-state index in [0.29, 0.717) is 27.9 Å². The Morgan fingerprint density at radius 1 is 1.06 bits per heavy atom. The molecule has 0 bridgehead atoms. The highest BCUT2D eigenvalue weighted by Gasteiger charge is 2.20. The van der Waals surface area contributed by atoms with E-state index >= 15 is 0 Å². The molecule has 0 aliphatic carbocycles. The van der Waals surface area contributed by atoms with E-state index in [9.17, 15) is 13.2 Å². The number of hydrogen-bond acceptors (Lipinski definition) is 5. The van der Waals surface area contributed by atoms with Gasteiger partial charge in [0.2, 0.25) is 0 Å². The molecule has 0 atom stereocenters.